The molecule has 4 fully saturated rings. The lowest BCUT2D eigenvalue weighted by Gasteiger charge is -2.38. The summed E-state index contributed by atoms with van der Waals surface area (Å²) >= 11 is 1.61. The van der Waals surface area contributed by atoms with Gasteiger partial charge in [0.05, 0.1) is 17.9 Å². The van der Waals surface area contributed by atoms with E-state index in [9.17, 15) is 14.4 Å². The van der Waals surface area contributed by atoms with Gasteiger partial charge < -0.3 is 25.2 Å². The van der Waals surface area contributed by atoms with Crippen LogP contribution in [0.5, 0.6) is 0 Å². The number of benzene rings is 1. The largest absolute Gasteiger partial charge is 0.359 e. The summed E-state index contributed by atoms with van der Waals surface area (Å²) in [6.07, 6.45) is 11.7. The maximum Gasteiger partial charge on any atom is 0.246 e. The molecule has 43 heavy (non-hydrogen) atoms. The number of carbonyl (C=O) groups excluding carboxylic acids is 3. The smallest absolute Gasteiger partial charge is 0.246 e. The number of nitrogens with zero attached hydrogens (tertiary/aromatic N) is 2. The number of rotatable bonds is 9. The van der Waals surface area contributed by atoms with Gasteiger partial charge in [0.1, 0.15) is 11.6 Å². The van der Waals surface area contributed by atoms with Gasteiger partial charge in [-0.3, -0.25) is 14.4 Å². The number of ether oxygens (including phenoxy) is 1. The van der Waals surface area contributed by atoms with Crippen molar-refractivity contribution >= 4 is 35.2 Å². The third kappa shape index (κ3) is 5.77. The molecule has 1 saturated carbocycles. The predicted molar refractivity (Wildman–Crippen MR) is 170 cm³/mol. The van der Waals surface area contributed by atoms with E-state index in [0.717, 1.165) is 49.7 Å². The molecule has 8 atom stereocenters. The second-order valence-electron chi connectivity index (χ2n) is 13.7. The summed E-state index contributed by atoms with van der Waals surface area (Å²) in [6.45, 7) is 10.3. The van der Waals surface area contributed by atoms with Crippen molar-refractivity contribution in [2.75, 3.05) is 37.8 Å². The maximum absolute atomic E-state index is 14.3. The molecule has 0 radical (unpaired) electrons. The highest BCUT2D eigenvalue weighted by atomic mass is 32.2. The minimum atomic E-state index is -1.13. The van der Waals surface area contributed by atoms with Crippen molar-refractivity contribution < 1.29 is 19.1 Å². The fourth-order valence-electron chi connectivity index (χ4n) is 8.23. The first-order chi connectivity index (χ1) is 20.7. The van der Waals surface area contributed by atoms with E-state index >= 15 is 0 Å². The van der Waals surface area contributed by atoms with E-state index in [4.69, 9.17) is 4.74 Å². The second-order valence-corrected chi connectivity index (χ2v) is 14.6. The first-order valence-electron chi connectivity index (χ1n) is 16.4. The molecule has 3 amide bonds. The number of carbonyl (C=O) groups is 3. The van der Waals surface area contributed by atoms with Gasteiger partial charge in [0.15, 0.2) is 0 Å². The van der Waals surface area contributed by atoms with Gasteiger partial charge in [-0.15, -0.1) is 11.8 Å². The van der Waals surface area contributed by atoms with Crippen molar-refractivity contribution in [1.29, 1.82) is 0 Å². The molecule has 3 saturated heterocycles. The molecule has 9 heteroatoms. The van der Waals surface area contributed by atoms with E-state index in [0.29, 0.717) is 24.1 Å². The van der Waals surface area contributed by atoms with Gasteiger partial charge in [0.25, 0.3) is 0 Å². The number of hydrogen-bond donors (Lipinski definition) is 2. The molecule has 2 N–H and O–H groups in total. The Labute approximate surface area is 260 Å². The molecule has 0 aromatic heterocycles. The first-order valence-corrected chi connectivity index (χ1v) is 17.6. The lowest BCUT2D eigenvalue weighted by atomic mass is 9.73. The number of amides is 3. The number of piperidine rings is 1. The zero-order valence-electron chi connectivity index (χ0n) is 26.1. The van der Waals surface area contributed by atoms with Gasteiger partial charge >= 0.3 is 0 Å². The van der Waals surface area contributed by atoms with Gasteiger partial charge in [0, 0.05) is 23.2 Å². The molecule has 6 rings (SSSR count). The van der Waals surface area contributed by atoms with Gasteiger partial charge in [-0.1, -0.05) is 51.8 Å². The summed E-state index contributed by atoms with van der Waals surface area (Å²) in [5, 5.41) is 6.42. The number of anilines is 1. The number of likely N-dealkylation sites (tertiary alicyclic amines) is 2. The van der Waals surface area contributed by atoms with Crippen molar-refractivity contribution in [1.82, 2.24) is 15.1 Å². The molecule has 1 aromatic rings. The average molecular weight is 609 g/mol. The molecule has 4 heterocycles. The summed E-state index contributed by atoms with van der Waals surface area (Å²) in [6, 6.07) is 7.01. The zero-order valence-corrected chi connectivity index (χ0v) is 26.9. The molecule has 234 valence electrons. The zero-order chi connectivity index (χ0) is 30.3. The third-order valence-corrected chi connectivity index (χ3v) is 11.8. The molecular weight excluding hydrogens is 560 g/mol. The van der Waals surface area contributed by atoms with Crippen LogP contribution >= 0.6 is 11.8 Å². The summed E-state index contributed by atoms with van der Waals surface area (Å²) in [5.41, 5.74) is -0.426. The Balaban J connectivity index is 1.24. The van der Waals surface area contributed by atoms with Crippen LogP contribution in [0.4, 0.5) is 5.69 Å². The van der Waals surface area contributed by atoms with Crippen LogP contribution in [0.15, 0.2) is 41.3 Å². The molecule has 0 unspecified atom stereocenters. The van der Waals surface area contributed by atoms with Crippen molar-refractivity contribution in [3.63, 3.8) is 0 Å². The molecule has 1 aliphatic carbocycles. The molecule has 1 aromatic carbocycles. The van der Waals surface area contributed by atoms with E-state index in [1.807, 2.05) is 42.7 Å². The molecule has 2 bridgehead atoms. The standard InChI is InChI=1S/C34H48N4O4S/c1-21-13-18-37(19-14-21)16-7-17-38-30(32(40)36-26-11-5-8-22(2)23(26)3)34-15-12-27(42-34)28(29(34)33(38)41)31(39)35-24-9-6-10-25(20-24)43-4/h6,9-10,12,15,20-23,26-30H,5,7-8,11,13-14,16-19H2,1-4H3,(H,35,39)(H,36,40)/t22-,23-,26-,27-,28+,29-,30-,34-/m1/s1. The van der Waals surface area contributed by atoms with Gasteiger partial charge in [-0.2, -0.15) is 0 Å². The number of thioether (sulfide) groups is 1. The SMILES string of the molecule is CSc1cccc(NC(=O)[C@H]2[C@H]3C=C[C@@]4(O3)[C@H]2C(=O)N(CCCN2CCC(C)CC2)[C@@H]4C(=O)N[C@@H]2CCC[C@@H](C)[C@H]2C)c1. The summed E-state index contributed by atoms with van der Waals surface area (Å²) in [4.78, 5) is 47.7. The van der Waals surface area contributed by atoms with Crippen molar-refractivity contribution in [2.45, 2.75) is 88.0 Å². The highest BCUT2D eigenvalue weighted by molar-refractivity contribution is 7.98. The highest BCUT2D eigenvalue weighted by Crippen LogP contribution is 2.55. The Morgan fingerprint density at radius 3 is 2.63 bits per heavy atom. The lowest BCUT2D eigenvalue weighted by Crippen LogP contribution is -2.58. The summed E-state index contributed by atoms with van der Waals surface area (Å²) in [7, 11) is 0. The topological polar surface area (TPSA) is 91.0 Å². The Hall–Kier alpha value is -2.36. The molecule has 1 spiro atoms. The minimum absolute atomic E-state index is 0.0735. The van der Waals surface area contributed by atoms with Crippen LogP contribution in [0.2, 0.25) is 0 Å². The van der Waals surface area contributed by atoms with Crippen LogP contribution < -0.4 is 10.6 Å². The van der Waals surface area contributed by atoms with Crippen LogP contribution in [-0.4, -0.2) is 83.7 Å². The number of nitrogens with one attached hydrogen (secondary N) is 2. The van der Waals surface area contributed by atoms with Crippen molar-refractivity contribution in [3.8, 4) is 0 Å². The monoisotopic (exact) mass is 608 g/mol. The van der Waals surface area contributed by atoms with Crippen molar-refractivity contribution in [2.24, 2.45) is 29.6 Å². The van der Waals surface area contributed by atoms with Crippen LogP contribution in [-0.2, 0) is 19.1 Å². The molecule has 8 nitrogen and oxygen atoms in total. The normalized spacial score (nSPS) is 35.8. The van der Waals surface area contributed by atoms with Crippen molar-refractivity contribution in [3.05, 3.63) is 36.4 Å². The fraction of sp³-hybridized carbons (Fsp3) is 0.676. The van der Waals surface area contributed by atoms with Gasteiger partial charge in [0.2, 0.25) is 17.7 Å². The van der Waals surface area contributed by atoms with E-state index in [1.54, 1.807) is 16.7 Å². The number of fused-ring (bicyclic) bond motifs is 1. The van der Waals surface area contributed by atoms with Crippen LogP contribution in [0.1, 0.15) is 59.3 Å². The first kappa shape index (κ1) is 30.7. The van der Waals surface area contributed by atoms with E-state index in [1.165, 1.54) is 19.3 Å². The average Bonchev–Trinajstić information content (AvgIpc) is 3.64. The summed E-state index contributed by atoms with van der Waals surface area (Å²) in [5.74, 6) is -0.257. The fourth-order valence-corrected chi connectivity index (χ4v) is 8.69. The summed E-state index contributed by atoms with van der Waals surface area (Å²) < 4.78 is 6.57. The Kier molecular flexibility index (Phi) is 8.96. The van der Waals surface area contributed by atoms with E-state index < -0.39 is 29.6 Å². The molecular formula is C34H48N4O4S. The Bertz CT molecular complexity index is 1250. The van der Waals surface area contributed by atoms with Crippen LogP contribution in [0.25, 0.3) is 0 Å². The lowest BCUT2D eigenvalue weighted by molar-refractivity contribution is -0.141. The maximum atomic E-state index is 14.3. The second kappa shape index (κ2) is 12.6. The molecule has 4 aliphatic heterocycles. The Morgan fingerprint density at radius 2 is 1.86 bits per heavy atom. The third-order valence-electron chi connectivity index (χ3n) is 11.0. The minimum Gasteiger partial charge on any atom is -0.359 e. The van der Waals surface area contributed by atoms with Gasteiger partial charge in [-0.05, 0) is 87.5 Å². The van der Waals surface area contributed by atoms with E-state index in [2.05, 4.69) is 36.3 Å². The Morgan fingerprint density at radius 1 is 1.07 bits per heavy atom. The predicted octanol–water partition coefficient (Wildman–Crippen LogP) is 4.56. The van der Waals surface area contributed by atoms with Gasteiger partial charge in [-0.25, -0.2) is 0 Å². The van der Waals surface area contributed by atoms with Crippen LogP contribution in [0, 0.1) is 29.6 Å². The van der Waals surface area contributed by atoms with Crippen LogP contribution in [0.3, 0.4) is 0 Å². The number of hydrogen-bond acceptors (Lipinski definition) is 6. The van der Waals surface area contributed by atoms with E-state index in [-0.39, 0.29) is 23.8 Å². The quantitative estimate of drug-likeness (QED) is 0.316. The molecule has 5 aliphatic rings. The highest BCUT2D eigenvalue weighted by Gasteiger charge is 2.72.